The Hall–Kier alpha value is -2.92. The molecular weight excluding hydrogens is 320 g/mol. The number of hydrogen-bond donors (Lipinski definition) is 0. The summed E-state index contributed by atoms with van der Waals surface area (Å²) in [6.07, 6.45) is 3.92. The van der Waals surface area contributed by atoms with Crippen LogP contribution in [-0.2, 0) is 11.3 Å². The maximum atomic E-state index is 12.2. The van der Waals surface area contributed by atoms with Gasteiger partial charge in [0.25, 0.3) is 0 Å². The predicted molar refractivity (Wildman–Crippen MR) is 94.5 cm³/mol. The summed E-state index contributed by atoms with van der Waals surface area (Å²) < 4.78 is 8.46. The lowest BCUT2D eigenvalue weighted by atomic mass is 10.2. The summed E-state index contributed by atoms with van der Waals surface area (Å²) >= 11 is 1.54. The van der Waals surface area contributed by atoms with Crippen molar-refractivity contribution < 1.29 is 9.53 Å². The van der Waals surface area contributed by atoms with E-state index in [2.05, 4.69) is 4.98 Å². The zero-order valence-corrected chi connectivity index (χ0v) is 13.6. The summed E-state index contributed by atoms with van der Waals surface area (Å²) in [5.41, 5.74) is 2.47. The lowest BCUT2D eigenvalue weighted by Crippen LogP contribution is -2.05. The molecule has 118 valence electrons. The first-order valence-corrected chi connectivity index (χ1v) is 8.36. The van der Waals surface area contributed by atoms with Crippen LogP contribution < -0.4 is 0 Å². The smallest absolute Gasteiger partial charge is 0.338 e. The largest absolute Gasteiger partial charge is 0.455 e. The van der Waals surface area contributed by atoms with Gasteiger partial charge in [-0.15, -0.1) is 11.3 Å². The van der Waals surface area contributed by atoms with E-state index in [-0.39, 0.29) is 12.6 Å². The SMILES string of the molecule is O=C(OCc1nc2ccccc2s1)c1ccc(-n2cccc2)cc1. The number of para-hydroxylation sites is 1. The highest BCUT2D eigenvalue weighted by atomic mass is 32.1. The number of nitrogens with zero attached hydrogens (tertiary/aromatic N) is 2. The van der Waals surface area contributed by atoms with Gasteiger partial charge >= 0.3 is 5.97 Å². The van der Waals surface area contributed by atoms with Crippen LogP contribution >= 0.6 is 11.3 Å². The number of esters is 1. The van der Waals surface area contributed by atoms with Crippen LogP contribution in [0.25, 0.3) is 15.9 Å². The monoisotopic (exact) mass is 334 g/mol. The lowest BCUT2D eigenvalue weighted by molar-refractivity contribution is 0.0472. The molecule has 0 atom stereocenters. The molecule has 24 heavy (non-hydrogen) atoms. The van der Waals surface area contributed by atoms with Crippen molar-refractivity contribution in [2.75, 3.05) is 0 Å². The van der Waals surface area contributed by atoms with Crippen LogP contribution in [-0.4, -0.2) is 15.5 Å². The zero-order chi connectivity index (χ0) is 16.4. The normalized spacial score (nSPS) is 10.8. The van der Waals surface area contributed by atoms with Crippen LogP contribution in [0.15, 0.2) is 73.1 Å². The quantitative estimate of drug-likeness (QED) is 0.518. The van der Waals surface area contributed by atoms with Crippen molar-refractivity contribution in [2.45, 2.75) is 6.61 Å². The molecule has 0 aliphatic heterocycles. The summed E-state index contributed by atoms with van der Waals surface area (Å²) in [5, 5.41) is 0.800. The van der Waals surface area contributed by atoms with Crippen molar-refractivity contribution in [3.05, 3.63) is 83.6 Å². The molecule has 4 rings (SSSR count). The molecule has 0 spiro atoms. The van der Waals surface area contributed by atoms with E-state index in [4.69, 9.17) is 4.74 Å². The summed E-state index contributed by atoms with van der Waals surface area (Å²) in [6, 6.07) is 19.1. The molecule has 0 aliphatic rings. The predicted octanol–water partition coefficient (Wildman–Crippen LogP) is 4.44. The highest BCUT2D eigenvalue weighted by Crippen LogP contribution is 2.22. The minimum absolute atomic E-state index is 0.192. The van der Waals surface area contributed by atoms with Gasteiger partial charge in [0.05, 0.1) is 15.8 Å². The van der Waals surface area contributed by atoms with E-state index >= 15 is 0 Å². The topological polar surface area (TPSA) is 44.1 Å². The number of ether oxygens (including phenoxy) is 1. The molecule has 4 aromatic rings. The molecular formula is C19H14N2O2S. The summed E-state index contributed by atoms with van der Waals surface area (Å²) in [6.45, 7) is 0.192. The molecule has 0 saturated heterocycles. The fourth-order valence-corrected chi connectivity index (χ4v) is 3.35. The molecule has 2 aromatic carbocycles. The Balaban J connectivity index is 1.44. The van der Waals surface area contributed by atoms with Crippen molar-refractivity contribution in [3.63, 3.8) is 0 Å². The summed E-state index contributed by atoms with van der Waals surface area (Å²) in [7, 11) is 0. The van der Waals surface area contributed by atoms with E-state index in [1.54, 1.807) is 23.5 Å². The molecule has 2 aromatic heterocycles. The van der Waals surface area contributed by atoms with E-state index in [9.17, 15) is 4.79 Å². The maximum Gasteiger partial charge on any atom is 0.338 e. The number of aromatic nitrogens is 2. The van der Waals surface area contributed by atoms with Gasteiger partial charge < -0.3 is 9.30 Å². The number of rotatable bonds is 4. The van der Waals surface area contributed by atoms with Gasteiger partial charge in [0.1, 0.15) is 11.6 Å². The highest BCUT2D eigenvalue weighted by Gasteiger charge is 2.10. The molecule has 0 amide bonds. The molecule has 2 heterocycles. The van der Waals surface area contributed by atoms with E-state index in [0.717, 1.165) is 20.9 Å². The molecule has 0 unspecified atom stereocenters. The van der Waals surface area contributed by atoms with Crippen LogP contribution in [0.4, 0.5) is 0 Å². The molecule has 0 N–H and O–H groups in total. The third-order valence-corrected chi connectivity index (χ3v) is 4.68. The van der Waals surface area contributed by atoms with E-state index < -0.39 is 0 Å². The first-order chi connectivity index (χ1) is 11.8. The molecule has 0 bridgehead atoms. The van der Waals surface area contributed by atoms with Gasteiger partial charge in [0.2, 0.25) is 0 Å². The molecule has 0 radical (unpaired) electrons. The molecule has 4 nitrogen and oxygen atoms in total. The van der Waals surface area contributed by atoms with Crippen molar-refractivity contribution in [1.82, 2.24) is 9.55 Å². The molecule has 0 fully saturated rings. The van der Waals surface area contributed by atoms with Gasteiger partial charge in [0, 0.05) is 18.1 Å². The minimum atomic E-state index is -0.340. The Morgan fingerprint density at radius 2 is 1.75 bits per heavy atom. The van der Waals surface area contributed by atoms with Crippen molar-refractivity contribution in [2.24, 2.45) is 0 Å². The van der Waals surface area contributed by atoms with Gasteiger partial charge in [-0.1, -0.05) is 12.1 Å². The fraction of sp³-hybridized carbons (Fsp3) is 0.0526. The number of carbonyl (C=O) groups excluding carboxylic acids is 1. The maximum absolute atomic E-state index is 12.2. The first-order valence-electron chi connectivity index (χ1n) is 7.54. The van der Waals surface area contributed by atoms with E-state index in [1.807, 2.05) is 65.5 Å². The first kappa shape index (κ1) is 14.7. The second-order valence-corrected chi connectivity index (χ2v) is 6.40. The highest BCUT2D eigenvalue weighted by molar-refractivity contribution is 7.18. The number of carbonyl (C=O) groups is 1. The van der Waals surface area contributed by atoms with Gasteiger partial charge in [-0.05, 0) is 48.5 Å². The van der Waals surface area contributed by atoms with Crippen molar-refractivity contribution >= 4 is 27.5 Å². The van der Waals surface area contributed by atoms with Gasteiger partial charge in [-0.3, -0.25) is 0 Å². The molecule has 0 saturated carbocycles. The minimum Gasteiger partial charge on any atom is -0.455 e. The van der Waals surface area contributed by atoms with Crippen molar-refractivity contribution in [1.29, 1.82) is 0 Å². The summed E-state index contributed by atoms with van der Waals surface area (Å²) in [4.78, 5) is 16.6. The Bertz CT molecular complexity index is 939. The third-order valence-electron chi connectivity index (χ3n) is 3.67. The van der Waals surface area contributed by atoms with E-state index in [0.29, 0.717) is 5.56 Å². The number of thiazole rings is 1. The number of benzene rings is 2. The second-order valence-electron chi connectivity index (χ2n) is 5.29. The average molecular weight is 334 g/mol. The Kier molecular flexibility index (Phi) is 3.84. The summed E-state index contributed by atoms with van der Waals surface area (Å²) in [5.74, 6) is -0.340. The van der Waals surface area contributed by atoms with E-state index in [1.165, 1.54) is 0 Å². The van der Waals surface area contributed by atoms with Gasteiger partial charge in [-0.25, -0.2) is 9.78 Å². The third kappa shape index (κ3) is 2.94. The number of fused-ring (bicyclic) bond motifs is 1. The van der Waals surface area contributed by atoms with Gasteiger partial charge in [-0.2, -0.15) is 0 Å². The van der Waals surface area contributed by atoms with Crippen molar-refractivity contribution in [3.8, 4) is 5.69 Å². The Morgan fingerprint density at radius 3 is 2.50 bits per heavy atom. The second kappa shape index (κ2) is 6.29. The van der Waals surface area contributed by atoms with Crippen LogP contribution in [0, 0.1) is 0 Å². The number of hydrogen-bond acceptors (Lipinski definition) is 4. The lowest BCUT2D eigenvalue weighted by Gasteiger charge is -2.05. The standard InChI is InChI=1S/C19H14N2O2S/c22-19(14-7-9-15(10-8-14)21-11-3-4-12-21)23-13-18-20-16-5-1-2-6-17(16)24-18/h1-12H,13H2. The van der Waals surface area contributed by atoms with Crippen LogP contribution in [0.5, 0.6) is 0 Å². The zero-order valence-electron chi connectivity index (χ0n) is 12.8. The Labute approximate surface area is 143 Å². The van der Waals surface area contributed by atoms with Crippen LogP contribution in [0.3, 0.4) is 0 Å². The molecule has 5 heteroatoms. The Morgan fingerprint density at radius 1 is 1.00 bits per heavy atom. The molecule has 0 aliphatic carbocycles. The van der Waals surface area contributed by atoms with Crippen LogP contribution in [0.1, 0.15) is 15.4 Å². The fourth-order valence-electron chi connectivity index (χ4n) is 2.47. The average Bonchev–Trinajstić information content (AvgIpc) is 3.29. The van der Waals surface area contributed by atoms with Gasteiger partial charge in [0.15, 0.2) is 0 Å². The van der Waals surface area contributed by atoms with Crippen LogP contribution in [0.2, 0.25) is 0 Å².